The third-order valence-electron chi connectivity index (χ3n) is 2.16. The molecule has 0 saturated carbocycles. The molecule has 0 rings (SSSR count). The number of hydrogen-bond acceptors (Lipinski definition) is 3. The van der Waals surface area contributed by atoms with Gasteiger partial charge in [0.2, 0.25) is 11.8 Å². The van der Waals surface area contributed by atoms with Gasteiger partial charge in [0, 0.05) is 27.1 Å². The zero-order valence-corrected chi connectivity index (χ0v) is 9.91. The van der Waals surface area contributed by atoms with Crippen LogP contribution in [0, 0.1) is 5.92 Å². The summed E-state index contributed by atoms with van der Waals surface area (Å²) in [4.78, 5) is 24.0. The highest BCUT2D eigenvalue weighted by molar-refractivity contribution is 5.82. The fraction of sp³-hybridized carbons (Fsp3) is 0.800. The van der Waals surface area contributed by atoms with Crippen molar-refractivity contribution in [2.75, 3.05) is 20.6 Å². The summed E-state index contributed by atoms with van der Waals surface area (Å²) in [5, 5.41) is 2.64. The smallest absolute Gasteiger partial charge is 0.237 e. The molecule has 0 spiro atoms. The number of hydrogen-bond donors (Lipinski definition) is 2. The Balaban J connectivity index is 3.78. The predicted molar refractivity (Wildman–Crippen MR) is 59.1 cm³/mol. The lowest BCUT2D eigenvalue weighted by Crippen LogP contribution is -2.44. The zero-order valence-electron chi connectivity index (χ0n) is 9.91. The highest BCUT2D eigenvalue weighted by atomic mass is 16.2. The molecule has 1 atom stereocenters. The fourth-order valence-electron chi connectivity index (χ4n) is 0.937. The number of rotatable bonds is 5. The Bertz CT molecular complexity index is 227. The summed E-state index contributed by atoms with van der Waals surface area (Å²) in [6.07, 6.45) is 0.309. The van der Waals surface area contributed by atoms with Crippen LogP contribution >= 0.6 is 0 Å². The minimum Gasteiger partial charge on any atom is -0.354 e. The predicted octanol–water partition coefficient (Wildman–Crippen LogP) is -0.436. The summed E-state index contributed by atoms with van der Waals surface area (Å²) < 4.78 is 0. The zero-order chi connectivity index (χ0) is 12.0. The Hall–Kier alpha value is -1.10. The molecule has 3 N–H and O–H groups in total. The van der Waals surface area contributed by atoms with E-state index in [1.807, 2.05) is 13.8 Å². The van der Waals surface area contributed by atoms with Crippen LogP contribution in [0.4, 0.5) is 0 Å². The molecule has 5 heteroatoms. The molecule has 0 fully saturated rings. The van der Waals surface area contributed by atoms with Crippen molar-refractivity contribution in [1.82, 2.24) is 10.2 Å². The molecule has 0 saturated heterocycles. The molecule has 5 nitrogen and oxygen atoms in total. The topological polar surface area (TPSA) is 75.4 Å². The van der Waals surface area contributed by atoms with Gasteiger partial charge in [0.05, 0.1) is 6.04 Å². The molecule has 0 aliphatic carbocycles. The molecule has 0 radical (unpaired) electrons. The lowest BCUT2D eigenvalue weighted by Gasteiger charge is -2.15. The fourth-order valence-corrected chi connectivity index (χ4v) is 0.937. The van der Waals surface area contributed by atoms with Crippen molar-refractivity contribution >= 4 is 11.8 Å². The van der Waals surface area contributed by atoms with Gasteiger partial charge in [-0.15, -0.1) is 0 Å². The van der Waals surface area contributed by atoms with E-state index in [9.17, 15) is 9.59 Å². The summed E-state index contributed by atoms with van der Waals surface area (Å²) in [5.74, 6) is -0.0977. The first-order valence-corrected chi connectivity index (χ1v) is 5.09. The van der Waals surface area contributed by atoms with Crippen molar-refractivity contribution in [1.29, 1.82) is 0 Å². The first-order valence-electron chi connectivity index (χ1n) is 5.09. The van der Waals surface area contributed by atoms with Gasteiger partial charge in [0.1, 0.15) is 0 Å². The third kappa shape index (κ3) is 5.37. The van der Waals surface area contributed by atoms with Crippen LogP contribution in [0.3, 0.4) is 0 Å². The molecule has 0 aromatic heterocycles. The number of carbonyl (C=O) groups is 2. The minimum atomic E-state index is -0.501. The van der Waals surface area contributed by atoms with E-state index in [4.69, 9.17) is 5.73 Å². The molecule has 2 amide bonds. The maximum atomic E-state index is 11.4. The van der Waals surface area contributed by atoms with Crippen molar-refractivity contribution in [2.45, 2.75) is 26.3 Å². The van der Waals surface area contributed by atoms with Gasteiger partial charge in [-0.25, -0.2) is 0 Å². The van der Waals surface area contributed by atoms with Gasteiger partial charge in [-0.2, -0.15) is 0 Å². The summed E-state index contributed by atoms with van der Waals surface area (Å²) in [6.45, 7) is 4.11. The van der Waals surface area contributed by atoms with Crippen LogP contribution in [0.1, 0.15) is 20.3 Å². The van der Waals surface area contributed by atoms with E-state index in [2.05, 4.69) is 5.32 Å². The number of nitrogens with zero attached hydrogens (tertiary/aromatic N) is 1. The highest BCUT2D eigenvalue weighted by Gasteiger charge is 2.16. The van der Waals surface area contributed by atoms with Crippen molar-refractivity contribution in [3.8, 4) is 0 Å². The van der Waals surface area contributed by atoms with Gasteiger partial charge in [0.25, 0.3) is 0 Å². The first kappa shape index (κ1) is 13.9. The summed E-state index contributed by atoms with van der Waals surface area (Å²) >= 11 is 0. The monoisotopic (exact) mass is 215 g/mol. The quantitative estimate of drug-likeness (QED) is 0.653. The van der Waals surface area contributed by atoms with Crippen LogP contribution in [0.15, 0.2) is 0 Å². The van der Waals surface area contributed by atoms with Crippen LogP contribution in [0.25, 0.3) is 0 Å². The maximum absolute atomic E-state index is 11.4. The Kier molecular flexibility index (Phi) is 5.93. The number of nitrogens with two attached hydrogens (primary N) is 1. The standard InChI is InChI=1S/C10H21N3O2/c1-7(2)9(11)10(15)12-6-5-8(14)13(3)4/h7,9H,5-6,11H2,1-4H3,(H,12,15)/t9-/m1/s1. The van der Waals surface area contributed by atoms with Crippen molar-refractivity contribution in [3.05, 3.63) is 0 Å². The highest BCUT2D eigenvalue weighted by Crippen LogP contribution is 1.97. The van der Waals surface area contributed by atoms with Crippen LogP contribution in [-0.4, -0.2) is 43.4 Å². The van der Waals surface area contributed by atoms with Gasteiger partial charge in [-0.1, -0.05) is 13.8 Å². The summed E-state index contributed by atoms with van der Waals surface area (Å²) in [7, 11) is 3.37. The molecular weight excluding hydrogens is 194 g/mol. The average Bonchev–Trinajstić information content (AvgIpc) is 2.15. The summed E-state index contributed by atoms with van der Waals surface area (Å²) in [5.41, 5.74) is 5.63. The maximum Gasteiger partial charge on any atom is 0.237 e. The van der Waals surface area contributed by atoms with E-state index in [-0.39, 0.29) is 17.7 Å². The molecule has 0 aromatic carbocycles. The van der Waals surface area contributed by atoms with Crippen LogP contribution < -0.4 is 11.1 Å². The third-order valence-corrected chi connectivity index (χ3v) is 2.16. The van der Waals surface area contributed by atoms with E-state index in [1.54, 1.807) is 14.1 Å². The van der Waals surface area contributed by atoms with Crippen LogP contribution in [0.5, 0.6) is 0 Å². The molecule has 0 unspecified atom stereocenters. The second-order valence-electron chi connectivity index (χ2n) is 4.10. The van der Waals surface area contributed by atoms with E-state index < -0.39 is 6.04 Å². The second kappa shape index (κ2) is 6.40. The lowest BCUT2D eigenvalue weighted by atomic mass is 10.1. The van der Waals surface area contributed by atoms with E-state index in [1.165, 1.54) is 4.90 Å². The van der Waals surface area contributed by atoms with Crippen molar-refractivity contribution in [2.24, 2.45) is 11.7 Å². The van der Waals surface area contributed by atoms with Gasteiger partial charge in [0.15, 0.2) is 0 Å². The van der Waals surface area contributed by atoms with Crippen LogP contribution in [-0.2, 0) is 9.59 Å². The van der Waals surface area contributed by atoms with E-state index in [0.29, 0.717) is 13.0 Å². The van der Waals surface area contributed by atoms with Crippen molar-refractivity contribution in [3.63, 3.8) is 0 Å². The van der Waals surface area contributed by atoms with Gasteiger partial charge in [-0.3, -0.25) is 9.59 Å². The summed E-state index contributed by atoms with van der Waals surface area (Å²) in [6, 6.07) is -0.501. The molecule has 0 heterocycles. The lowest BCUT2D eigenvalue weighted by molar-refractivity contribution is -0.128. The number of nitrogens with one attached hydrogen (secondary N) is 1. The Morgan fingerprint density at radius 3 is 2.27 bits per heavy atom. The molecular formula is C10H21N3O2. The molecule has 0 bridgehead atoms. The van der Waals surface area contributed by atoms with Gasteiger partial charge >= 0.3 is 0 Å². The van der Waals surface area contributed by atoms with E-state index >= 15 is 0 Å². The van der Waals surface area contributed by atoms with E-state index in [0.717, 1.165) is 0 Å². The Labute approximate surface area is 91.0 Å². The largest absolute Gasteiger partial charge is 0.354 e. The molecule has 0 aliphatic rings. The van der Waals surface area contributed by atoms with Gasteiger partial charge < -0.3 is 16.0 Å². The Morgan fingerprint density at radius 2 is 1.87 bits per heavy atom. The molecule has 0 aromatic rings. The van der Waals surface area contributed by atoms with Crippen LogP contribution in [0.2, 0.25) is 0 Å². The normalized spacial score (nSPS) is 12.4. The molecule has 15 heavy (non-hydrogen) atoms. The van der Waals surface area contributed by atoms with Gasteiger partial charge in [-0.05, 0) is 5.92 Å². The Morgan fingerprint density at radius 1 is 1.33 bits per heavy atom. The minimum absolute atomic E-state index is 0.00609. The number of amides is 2. The first-order chi connectivity index (χ1) is 6.86. The average molecular weight is 215 g/mol. The second-order valence-corrected chi connectivity index (χ2v) is 4.10. The molecule has 88 valence electrons. The SMILES string of the molecule is CC(C)[C@@H](N)C(=O)NCCC(=O)N(C)C. The van der Waals surface area contributed by atoms with Crippen molar-refractivity contribution < 1.29 is 9.59 Å². The number of carbonyl (C=O) groups excluding carboxylic acids is 2. The molecule has 0 aliphatic heterocycles.